The van der Waals surface area contributed by atoms with Crippen LogP contribution in [0.3, 0.4) is 0 Å². The van der Waals surface area contributed by atoms with Crippen LogP contribution in [0.15, 0.2) is 0 Å². The summed E-state index contributed by atoms with van der Waals surface area (Å²) in [6.45, 7) is 7.16. The van der Waals surface area contributed by atoms with Gasteiger partial charge in [-0.05, 0) is 38.9 Å². The monoisotopic (exact) mass is 277 g/mol. The van der Waals surface area contributed by atoms with E-state index in [1.54, 1.807) is 0 Å². The van der Waals surface area contributed by atoms with E-state index in [0.717, 1.165) is 58.7 Å². The Morgan fingerprint density at radius 2 is 1.44 bits per heavy atom. The van der Waals surface area contributed by atoms with Gasteiger partial charge in [0.15, 0.2) is 0 Å². The Bertz CT molecular complexity index is 311. The molecule has 2 N–H and O–H groups in total. The molecule has 1 heterocycles. The molecule has 0 unspecified atom stereocenters. The molecule has 1 aliphatic heterocycles. The Morgan fingerprint density at radius 1 is 0.944 bits per heavy atom. The molecule has 0 aromatic carbocycles. The average molecular weight is 277 g/mol. The van der Waals surface area contributed by atoms with Crippen LogP contribution in [0.5, 0.6) is 0 Å². The zero-order valence-electron chi connectivity index (χ0n) is 11.5. The van der Waals surface area contributed by atoms with Gasteiger partial charge in [0, 0.05) is 32.4 Å². The van der Waals surface area contributed by atoms with Crippen LogP contribution in [0.4, 0.5) is 0 Å². The van der Waals surface area contributed by atoms with E-state index >= 15 is 0 Å². The summed E-state index contributed by atoms with van der Waals surface area (Å²) in [5.74, 6) is 0.309. The van der Waals surface area contributed by atoms with Crippen molar-refractivity contribution in [2.75, 3.05) is 57.8 Å². The first-order valence-electron chi connectivity index (χ1n) is 6.84. The van der Waals surface area contributed by atoms with E-state index in [2.05, 4.69) is 9.80 Å². The maximum Gasteiger partial charge on any atom is 0.147 e. The van der Waals surface area contributed by atoms with Crippen LogP contribution in [0, 0.1) is 0 Å². The number of hydrogen-bond donors (Lipinski definition) is 1. The first kappa shape index (κ1) is 15.9. The summed E-state index contributed by atoms with van der Waals surface area (Å²) in [7, 11) is -2.80. The standard InChI is InChI=1S/C12H27N3O2S/c1-18(16,17)12-4-7-15-10-8-14(9-11-15)6-3-2-5-13/h2-13H2,1H3. The number of piperazine rings is 1. The fourth-order valence-corrected chi connectivity index (χ4v) is 2.92. The van der Waals surface area contributed by atoms with Crippen LogP contribution in [-0.4, -0.2) is 76.0 Å². The van der Waals surface area contributed by atoms with Gasteiger partial charge in [-0.2, -0.15) is 0 Å². The van der Waals surface area contributed by atoms with Gasteiger partial charge in [-0.1, -0.05) is 0 Å². The lowest BCUT2D eigenvalue weighted by Gasteiger charge is -2.34. The molecular weight excluding hydrogens is 250 g/mol. The van der Waals surface area contributed by atoms with Crippen molar-refractivity contribution in [1.82, 2.24) is 9.80 Å². The summed E-state index contributed by atoms with van der Waals surface area (Å²) in [4.78, 5) is 4.84. The molecule has 0 amide bonds. The molecule has 0 aliphatic carbocycles. The lowest BCUT2D eigenvalue weighted by Crippen LogP contribution is -2.47. The molecule has 1 rings (SSSR count). The number of nitrogens with two attached hydrogens (primary N) is 1. The van der Waals surface area contributed by atoms with Gasteiger partial charge in [0.2, 0.25) is 0 Å². The minimum atomic E-state index is -2.80. The second kappa shape index (κ2) is 8.09. The van der Waals surface area contributed by atoms with Crippen molar-refractivity contribution in [3.05, 3.63) is 0 Å². The molecule has 6 heteroatoms. The van der Waals surface area contributed by atoms with Crippen LogP contribution in [0.25, 0.3) is 0 Å². The number of hydrogen-bond acceptors (Lipinski definition) is 5. The molecule has 0 aromatic heterocycles. The SMILES string of the molecule is CS(=O)(=O)CCCN1CCN(CCCCN)CC1. The first-order valence-corrected chi connectivity index (χ1v) is 8.90. The molecule has 1 aliphatic rings. The summed E-state index contributed by atoms with van der Waals surface area (Å²) in [5.41, 5.74) is 5.48. The zero-order chi connectivity index (χ0) is 13.4. The third kappa shape index (κ3) is 7.31. The topological polar surface area (TPSA) is 66.6 Å². The average Bonchev–Trinajstić information content (AvgIpc) is 2.30. The van der Waals surface area contributed by atoms with E-state index in [1.807, 2.05) is 0 Å². The zero-order valence-corrected chi connectivity index (χ0v) is 12.3. The molecule has 0 atom stereocenters. The predicted molar refractivity (Wildman–Crippen MR) is 75.5 cm³/mol. The van der Waals surface area contributed by atoms with Crippen LogP contribution in [-0.2, 0) is 9.84 Å². The second-order valence-corrected chi connectivity index (χ2v) is 7.42. The number of unbranched alkanes of at least 4 members (excludes halogenated alkanes) is 1. The Labute approximate surface area is 111 Å². The van der Waals surface area contributed by atoms with Gasteiger partial charge in [0.05, 0.1) is 5.75 Å². The lowest BCUT2D eigenvalue weighted by molar-refractivity contribution is 0.131. The quantitative estimate of drug-likeness (QED) is 0.621. The van der Waals surface area contributed by atoms with E-state index in [0.29, 0.717) is 5.75 Å². The van der Waals surface area contributed by atoms with E-state index in [-0.39, 0.29) is 0 Å². The number of rotatable bonds is 8. The molecule has 0 radical (unpaired) electrons. The van der Waals surface area contributed by atoms with Crippen molar-refractivity contribution in [2.24, 2.45) is 5.73 Å². The molecule has 5 nitrogen and oxygen atoms in total. The van der Waals surface area contributed by atoms with Gasteiger partial charge >= 0.3 is 0 Å². The predicted octanol–water partition coefficient (Wildman–Crippen LogP) is -0.222. The minimum Gasteiger partial charge on any atom is -0.330 e. The van der Waals surface area contributed by atoms with Crippen LogP contribution < -0.4 is 5.73 Å². The van der Waals surface area contributed by atoms with Gasteiger partial charge in [-0.25, -0.2) is 8.42 Å². The van der Waals surface area contributed by atoms with Gasteiger partial charge in [0.25, 0.3) is 0 Å². The van der Waals surface area contributed by atoms with Crippen LogP contribution in [0.1, 0.15) is 19.3 Å². The van der Waals surface area contributed by atoms with Crippen LogP contribution in [0.2, 0.25) is 0 Å². The lowest BCUT2D eigenvalue weighted by atomic mass is 10.2. The van der Waals surface area contributed by atoms with Crippen molar-refractivity contribution < 1.29 is 8.42 Å². The Kier molecular flexibility index (Phi) is 7.14. The second-order valence-electron chi connectivity index (χ2n) is 5.16. The summed E-state index contributed by atoms with van der Waals surface area (Å²) >= 11 is 0. The number of sulfone groups is 1. The van der Waals surface area contributed by atoms with Gasteiger partial charge in [-0.3, -0.25) is 0 Å². The molecule has 108 valence electrons. The summed E-state index contributed by atoms with van der Waals surface area (Å²) in [6.07, 6.45) is 4.35. The van der Waals surface area contributed by atoms with Crippen molar-refractivity contribution in [3.8, 4) is 0 Å². The highest BCUT2D eigenvalue weighted by atomic mass is 32.2. The molecule has 0 spiro atoms. The highest BCUT2D eigenvalue weighted by molar-refractivity contribution is 7.90. The Balaban J connectivity index is 2.08. The fraction of sp³-hybridized carbons (Fsp3) is 1.00. The van der Waals surface area contributed by atoms with Crippen molar-refractivity contribution in [3.63, 3.8) is 0 Å². The maximum atomic E-state index is 11.0. The molecule has 0 bridgehead atoms. The summed E-state index contributed by atoms with van der Waals surface area (Å²) in [6, 6.07) is 0. The normalized spacial score (nSPS) is 19.2. The molecular formula is C12H27N3O2S. The van der Waals surface area contributed by atoms with Gasteiger partial charge in [-0.15, -0.1) is 0 Å². The van der Waals surface area contributed by atoms with Crippen molar-refractivity contribution in [1.29, 1.82) is 0 Å². The molecule has 0 saturated carbocycles. The van der Waals surface area contributed by atoms with E-state index in [1.165, 1.54) is 12.7 Å². The maximum absolute atomic E-state index is 11.0. The van der Waals surface area contributed by atoms with E-state index in [4.69, 9.17) is 5.73 Å². The van der Waals surface area contributed by atoms with Gasteiger partial charge in [0.1, 0.15) is 9.84 Å². The van der Waals surface area contributed by atoms with Crippen molar-refractivity contribution in [2.45, 2.75) is 19.3 Å². The number of nitrogens with zero attached hydrogens (tertiary/aromatic N) is 2. The highest BCUT2D eigenvalue weighted by Gasteiger charge is 2.16. The Morgan fingerprint density at radius 3 is 1.89 bits per heavy atom. The van der Waals surface area contributed by atoms with E-state index in [9.17, 15) is 8.42 Å². The van der Waals surface area contributed by atoms with Gasteiger partial charge < -0.3 is 15.5 Å². The minimum absolute atomic E-state index is 0.309. The molecule has 18 heavy (non-hydrogen) atoms. The third-order valence-corrected chi connectivity index (χ3v) is 4.41. The largest absolute Gasteiger partial charge is 0.330 e. The summed E-state index contributed by atoms with van der Waals surface area (Å²) in [5, 5.41) is 0. The highest BCUT2D eigenvalue weighted by Crippen LogP contribution is 2.04. The van der Waals surface area contributed by atoms with Crippen LogP contribution >= 0.6 is 0 Å². The molecule has 0 aromatic rings. The van der Waals surface area contributed by atoms with E-state index < -0.39 is 9.84 Å². The Hall–Kier alpha value is -0.170. The summed E-state index contributed by atoms with van der Waals surface area (Å²) < 4.78 is 22.1. The first-order chi connectivity index (χ1) is 8.51. The fourth-order valence-electron chi connectivity index (χ4n) is 2.27. The van der Waals surface area contributed by atoms with Crippen molar-refractivity contribution >= 4 is 9.84 Å². The third-order valence-electron chi connectivity index (χ3n) is 3.38. The molecule has 1 saturated heterocycles. The molecule has 1 fully saturated rings. The smallest absolute Gasteiger partial charge is 0.147 e.